The number of sulfone groups is 1. The first kappa shape index (κ1) is 58.0. The number of alkyl halides is 1. The fraction of sp³-hybridized carbons (Fsp3) is 0.623. The second-order valence-corrected chi connectivity index (χ2v) is 24.3. The maximum atomic E-state index is 14.9. The average Bonchev–Trinajstić information content (AvgIpc) is 4.12. The Morgan fingerprint density at radius 2 is 1.67 bits per heavy atom. The molecule has 0 radical (unpaired) electrons. The predicted molar refractivity (Wildman–Crippen MR) is 284 cm³/mol. The lowest BCUT2D eigenvalue weighted by Gasteiger charge is -2.47. The molecule has 3 aromatic heterocycles. The van der Waals surface area contributed by atoms with Gasteiger partial charge in [-0.15, -0.1) is 5.10 Å². The summed E-state index contributed by atoms with van der Waals surface area (Å²) >= 11 is 1.92. The van der Waals surface area contributed by atoms with Gasteiger partial charge in [0, 0.05) is 100 Å². The number of hydrogen-bond donors (Lipinski definition) is 1. The number of Topliss-reactive ketones (excluding diaryl/α,β-unsaturated/α-hetero) is 2. The highest BCUT2D eigenvalue weighted by Crippen LogP contribution is 2.44. The van der Waals surface area contributed by atoms with Crippen LogP contribution in [-0.4, -0.2) is 162 Å². The number of unbranched alkanes of at least 4 members (excludes halogenated alkanes) is 1. The number of carbonyl (C=O) groups is 4. The first-order valence-corrected chi connectivity index (χ1v) is 28.8. The number of likely N-dealkylation sites (N-methyl/N-ethyl adjacent to an activating group) is 1. The van der Waals surface area contributed by atoms with Crippen molar-refractivity contribution in [1.82, 2.24) is 39.3 Å². The van der Waals surface area contributed by atoms with Crippen molar-refractivity contribution in [3.8, 4) is 11.3 Å². The summed E-state index contributed by atoms with van der Waals surface area (Å²) in [6, 6.07) is 9.30. The van der Waals surface area contributed by atoms with E-state index in [0.717, 1.165) is 22.5 Å². The summed E-state index contributed by atoms with van der Waals surface area (Å²) in [6.45, 7) is 13.9. The van der Waals surface area contributed by atoms with Gasteiger partial charge >= 0.3 is 12.1 Å². The van der Waals surface area contributed by atoms with Gasteiger partial charge in [0.25, 0.3) is 0 Å². The van der Waals surface area contributed by atoms with Crippen molar-refractivity contribution in [1.29, 1.82) is 0 Å². The van der Waals surface area contributed by atoms with Crippen molar-refractivity contribution >= 4 is 56.1 Å². The lowest BCUT2D eigenvalue weighted by molar-refractivity contribution is -0.296. The number of nitrogens with zero attached hydrogens (tertiary/aromatic N) is 8. The highest BCUT2D eigenvalue weighted by molar-refractivity contribution is 14.1. The van der Waals surface area contributed by atoms with Crippen molar-refractivity contribution in [2.24, 2.45) is 23.7 Å². The van der Waals surface area contributed by atoms with E-state index in [4.69, 9.17) is 23.7 Å². The number of benzene rings is 1. The number of hydrogen-bond acceptors (Lipinski definition) is 17. The highest BCUT2D eigenvalue weighted by Gasteiger charge is 2.60. The van der Waals surface area contributed by atoms with Gasteiger partial charge < -0.3 is 43.2 Å². The Morgan fingerprint density at radius 3 is 2.35 bits per heavy atom. The van der Waals surface area contributed by atoms with Crippen LogP contribution < -0.4 is 0 Å². The molecule has 410 valence electrons. The van der Waals surface area contributed by atoms with Gasteiger partial charge in [0.2, 0.25) is 0 Å². The van der Waals surface area contributed by atoms with Crippen LogP contribution in [-0.2, 0) is 73.8 Å². The number of amides is 1. The zero-order valence-electron chi connectivity index (χ0n) is 44.6. The fourth-order valence-electron chi connectivity index (χ4n) is 10.9. The van der Waals surface area contributed by atoms with E-state index in [1.165, 1.54) is 20.3 Å². The van der Waals surface area contributed by atoms with Crippen molar-refractivity contribution in [3.63, 3.8) is 0 Å². The Kier molecular flexibility index (Phi) is 18.8. The van der Waals surface area contributed by atoms with Gasteiger partial charge in [-0.25, -0.2) is 18.2 Å². The molecule has 22 heteroatoms. The van der Waals surface area contributed by atoms with Crippen LogP contribution in [0.3, 0.4) is 0 Å². The van der Waals surface area contributed by atoms with Gasteiger partial charge in [0.1, 0.15) is 17.8 Å². The topological polar surface area (TPSA) is 237 Å². The molecule has 4 aromatic rings. The standard InChI is InChI=1S/C53H73IN8O12S/c1-32-27-52(6,70-9)47(72-49-45(65)42(26-33(2)71-49)59(8)24-20-39-29-61(58-57-39)25-19-37-15-17-40(18-16-37)75(10,68)69)35(4)44(64)36(5)48(66)73-50(54)53(7)46(34(3)43(32)63)62(51(67)74-53)23-12-11-22-60-30-41(56-31-60)38-14-13-21-55-28-38/h13-18,21,28-36,42,45-47,49-50,65H,11-12,19-20,22-27H2,1-10H3/t32-,33-,34+,35+,36-,42+,45-,46-,47-,49+,50+,52-,53+/m1/s1. The monoisotopic (exact) mass is 1170 g/mol. The van der Waals surface area contributed by atoms with Crippen LogP contribution >= 0.6 is 22.6 Å². The molecule has 0 saturated carbocycles. The second-order valence-electron chi connectivity index (χ2n) is 21.1. The van der Waals surface area contributed by atoms with Crippen molar-refractivity contribution in [2.75, 3.05) is 33.5 Å². The third kappa shape index (κ3) is 13.3. The zero-order valence-corrected chi connectivity index (χ0v) is 47.5. The van der Waals surface area contributed by atoms with Crippen LogP contribution in [0.1, 0.15) is 85.4 Å². The average molecular weight is 1170 g/mol. The number of ketones is 2. The molecule has 1 N–H and O–H groups in total. The third-order valence-electron chi connectivity index (χ3n) is 15.4. The molecule has 3 aliphatic rings. The molecule has 13 atom stereocenters. The molecule has 1 aromatic carbocycles. The fourth-order valence-corrected chi connectivity index (χ4v) is 12.3. The minimum atomic E-state index is -3.28. The van der Waals surface area contributed by atoms with Crippen LogP contribution in [0.4, 0.5) is 4.79 Å². The number of aryl methyl sites for hydroxylation is 3. The van der Waals surface area contributed by atoms with Crippen LogP contribution in [0.25, 0.3) is 11.3 Å². The number of rotatable bonds is 17. The number of ether oxygens (including phenoxy) is 5. The Morgan fingerprint density at radius 1 is 0.947 bits per heavy atom. The lowest BCUT2D eigenvalue weighted by atomic mass is 9.74. The minimum Gasteiger partial charge on any atom is -0.447 e. The summed E-state index contributed by atoms with van der Waals surface area (Å²) < 4.78 is 57.9. The minimum absolute atomic E-state index is 0.0729. The van der Waals surface area contributed by atoms with Gasteiger partial charge in [0.05, 0.1) is 46.5 Å². The maximum absolute atomic E-state index is 14.9. The molecule has 20 nitrogen and oxygen atoms in total. The summed E-state index contributed by atoms with van der Waals surface area (Å²) in [5.41, 5.74) is 0.598. The normalized spacial score (nSPS) is 31.3. The van der Waals surface area contributed by atoms with Gasteiger partial charge in [-0.1, -0.05) is 38.1 Å². The number of halogens is 1. The lowest BCUT2D eigenvalue weighted by Crippen LogP contribution is -2.60. The summed E-state index contributed by atoms with van der Waals surface area (Å²) in [5.74, 6) is -5.36. The zero-order chi connectivity index (χ0) is 54.6. The van der Waals surface area contributed by atoms with Crippen LogP contribution in [0.15, 0.2) is 72.4 Å². The Bertz CT molecular complexity index is 2730. The Labute approximate surface area is 453 Å². The predicted octanol–water partition coefficient (Wildman–Crippen LogP) is 5.76. The van der Waals surface area contributed by atoms with E-state index in [2.05, 4.69) is 20.3 Å². The molecular formula is C53H73IN8O12S. The number of cyclic esters (lactones) is 1. The summed E-state index contributed by atoms with van der Waals surface area (Å²) in [7, 11) is 0.0963. The molecule has 0 unspecified atom stereocenters. The third-order valence-corrected chi connectivity index (χ3v) is 18.0. The first-order chi connectivity index (χ1) is 35.4. The van der Waals surface area contributed by atoms with Crippen LogP contribution in [0, 0.1) is 23.7 Å². The number of methoxy groups -OCH3 is 1. The number of aliphatic hydroxyl groups is 1. The van der Waals surface area contributed by atoms with Gasteiger partial charge in [-0.2, -0.15) is 0 Å². The van der Waals surface area contributed by atoms with E-state index in [0.29, 0.717) is 51.7 Å². The van der Waals surface area contributed by atoms with Crippen molar-refractivity contribution in [2.45, 2.75) is 157 Å². The molecule has 3 fully saturated rings. The molecule has 3 aliphatic heterocycles. The highest BCUT2D eigenvalue weighted by atomic mass is 127. The Hall–Kier alpha value is -4.72. The van der Waals surface area contributed by atoms with E-state index in [1.54, 1.807) is 87.2 Å². The van der Waals surface area contributed by atoms with Gasteiger partial charge in [-0.05, 0) is 119 Å². The molecule has 0 bridgehead atoms. The van der Waals surface area contributed by atoms with E-state index in [9.17, 15) is 32.7 Å². The van der Waals surface area contributed by atoms with E-state index >= 15 is 0 Å². The largest absolute Gasteiger partial charge is 0.447 e. The molecule has 3 saturated heterocycles. The molecule has 6 heterocycles. The molecule has 75 heavy (non-hydrogen) atoms. The number of fused-ring (bicyclic) bond motifs is 1. The maximum Gasteiger partial charge on any atom is 0.410 e. The first-order valence-electron chi connectivity index (χ1n) is 25.7. The smallest absolute Gasteiger partial charge is 0.410 e. The van der Waals surface area contributed by atoms with E-state index in [-0.39, 0.29) is 29.7 Å². The quantitative estimate of drug-likeness (QED) is 0.0435. The summed E-state index contributed by atoms with van der Waals surface area (Å²) in [6.07, 6.45) is 8.58. The SMILES string of the molecule is CO[C@]1(C)C[C@@H](C)C(=O)[C@H](C)[C@H]2N(CCCCn3cnc(-c4cccnc4)c3)C(=O)O[C@]2(C)[C@@H](I)OC(=O)[C@H](C)C(=O)[C@H](C)[C@H]1O[C@@H]1O[C@H](C)C[C@H](N(C)CCc2cn(CCc3ccc(S(C)(=O)=O)cc3)nn2)[C@H]1O. The number of aromatic nitrogens is 6. The molecular weight excluding hydrogens is 1100 g/mol. The molecule has 0 spiro atoms. The summed E-state index contributed by atoms with van der Waals surface area (Å²) in [5, 5.41) is 20.8. The van der Waals surface area contributed by atoms with Gasteiger partial charge in [0.15, 0.2) is 31.6 Å². The summed E-state index contributed by atoms with van der Waals surface area (Å²) in [4.78, 5) is 70.0. The second kappa shape index (κ2) is 24.3. The molecule has 1 amide bonds. The van der Waals surface area contributed by atoms with Gasteiger partial charge in [-0.3, -0.25) is 24.0 Å². The number of imidazole rings is 1. The van der Waals surface area contributed by atoms with E-state index in [1.807, 2.05) is 70.6 Å². The number of pyridine rings is 1. The number of aliphatic hydroxyl groups excluding tert-OH is 1. The Balaban J connectivity index is 1.04. The van der Waals surface area contributed by atoms with E-state index < -0.39 is 97.2 Å². The van der Waals surface area contributed by atoms with Crippen LogP contribution in [0.5, 0.6) is 0 Å². The van der Waals surface area contributed by atoms with Crippen molar-refractivity contribution in [3.05, 3.63) is 78.8 Å². The number of esters is 1. The van der Waals surface area contributed by atoms with Crippen LogP contribution in [0.2, 0.25) is 0 Å². The van der Waals surface area contributed by atoms with Crippen molar-refractivity contribution < 1.29 is 56.4 Å². The molecule has 0 aliphatic carbocycles. The molecule has 7 rings (SSSR count). The number of carbonyl (C=O) groups excluding carboxylic acids is 4.